The zero-order valence-corrected chi connectivity index (χ0v) is 11.9. The summed E-state index contributed by atoms with van der Waals surface area (Å²) in [5.74, 6) is -1.20. The van der Waals surface area contributed by atoms with Crippen molar-refractivity contribution in [2.75, 3.05) is 0 Å². The summed E-state index contributed by atoms with van der Waals surface area (Å²) < 4.78 is 1.08. The molecule has 0 saturated heterocycles. The first kappa shape index (κ1) is 13.3. The van der Waals surface area contributed by atoms with E-state index in [0.29, 0.717) is 18.4 Å². The monoisotopic (exact) mass is 359 g/mol. The van der Waals surface area contributed by atoms with Crippen LogP contribution in [0.15, 0.2) is 24.3 Å². The number of carbonyl (C=O) groups excluding carboxylic acids is 1. The van der Waals surface area contributed by atoms with Gasteiger partial charge in [0.25, 0.3) is 5.91 Å². The molecule has 1 fully saturated rings. The molecule has 1 amide bonds. The summed E-state index contributed by atoms with van der Waals surface area (Å²) in [5.41, 5.74) is 0.620. The molecule has 1 aliphatic carbocycles. The zero-order valence-electron chi connectivity index (χ0n) is 9.73. The number of benzene rings is 1. The molecule has 0 unspecified atom stereocenters. The van der Waals surface area contributed by atoms with Crippen molar-refractivity contribution in [3.8, 4) is 0 Å². The van der Waals surface area contributed by atoms with Crippen LogP contribution in [0.2, 0.25) is 0 Å². The molecular formula is C13H14INO3. The van der Waals surface area contributed by atoms with Crippen LogP contribution in [0.25, 0.3) is 0 Å². The van der Waals surface area contributed by atoms with E-state index >= 15 is 0 Å². The Morgan fingerprint density at radius 2 is 1.89 bits per heavy atom. The van der Waals surface area contributed by atoms with Crippen LogP contribution in [0.3, 0.4) is 0 Å². The van der Waals surface area contributed by atoms with Crippen LogP contribution in [0.5, 0.6) is 0 Å². The lowest BCUT2D eigenvalue weighted by molar-refractivity contribution is -0.141. The van der Waals surface area contributed by atoms with E-state index in [1.807, 2.05) is 12.1 Å². The Balaban J connectivity index is 1.92. The number of amides is 1. The van der Waals surface area contributed by atoms with Gasteiger partial charge in [0.2, 0.25) is 0 Å². The average molecular weight is 359 g/mol. The third-order valence-electron chi connectivity index (χ3n) is 3.22. The molecule has 96 valence electrons. The molecule has 1 saturated carbocycles. The Morgan fingerprint density at radius 3 is 2.44 bits per heavy atom. The summed E-state index contributed by atoms with van der Waals surface area (Å²) in [4.78, 5) is 22.8. The third-order valence-corrected chi connectivity index (χ3v) is 3.94. The number of carboxylic acids is 1. The molecule has 1 aromatic rings. The second kappa shape index (κ2) is 5.69. The maximum Gasteiger partial charge on any atom is 0.306 e. The molecule has 2 atom stereocenters. The normalized spacial score (nSPS) is 22.7. The van der Waals surface area contributed by atoms with Gasteiger partial charge >= 0.3 is 5.97 Å². The topological polar surface area (TPSA) is 66.4 Å². The minimum Gasteiger partial charge on any atom is -0.481 e. The van der Waals surface area contributed by atoms with Crippen molar-refractivity contribution in [2.45, 2.75) is 25.3 Å². The number of hydrogen-bond donors (Lipinski definition) is 2. The van der Waals surface area contributed by atoms with Crippen molar-refractivity contribution in [3.05, 3.63) is 33.4 Å². The second-order valence-electron chi connectivity index (χ2n) is 4.53. The second-order valence-corrected chi connectivity index (χ2v) is 5.77. The Hall–Kier alpha value is -1.11. The minimum atomic E-state index is -0.763. The Kier molecular flexibility index (Phi) is 4.21. The lowest BCUT2D eigenvalue weighted by Gasteiger charge is -2.12. The molecule has 2 N–H and O–H groups in total. The summed E-state index contributed by atoms with van der Waals surface area (Å²) in [6.07, 6.45) is 1.92. The summed E-state index contributed by atoms with van der Waals surface area (Å²) in [6, 6.07) is 7.30. The number of halogens is 1. The zero-order chi connectivity index (χ0) is 13.1. The highest BCUT2D eigenvalue weighted by atomic mass is 127. The highest BCUT2D eigenvalue weighted by Crippen LogP contribution is 2.25. The number of carboxylic acid groups (broad SMARTS) is 1. The predicted molar refractivity (Wildman–Crippen MR) is 75.4 cm³/mol. The summed E-state index contributed by atoms with van der Waals surface area (Å²) in [5, 5.41) is 11.8. The molecular weight excluding hydrogens is 345 g/mol. The Morgan fingerprint density at radius 1 is 1.22 bits per heavy atom. The summed E-state index contributed by atoms with van der Waals surface area (Å²) in [7, 11) is 0. The largest absolute Gasteiger partial charge is 0.481 e. The Labute approximate surface area is 119 Å². The molecule has 4 nitrogen and oxygen atoms in total. The van der Waals surface area contributed by atoms with Crippen LogP contribution in [0.1, 0.15) is 29.6 Å². The van der Waals surface area contributed by atoms with Crippen molar-refractivity contribution < 1.29 is 14.7 Å². The predicted octanol–water partition coefficient (Wildman–Crippen LogP) is 2.27. The summed E-state index contributed by atoms with van der Waals surface area (Å²) in [6.45, 7) is 0. The highest BCUT2D eigenvalue weighted by molar-refractivity contribution is 14.1. The van der Waals surface area contributed by atoms with Gasteiger partial charge in [0.05, 0.1) is 5.92 Å². The van der Waals surface area contributed by atoms with Crippen molar-refractivity contribution in [3.63, 3.8) is 0 Å². The lowest BCUT2D eigenvalue weighted by Crippen LogP contribution is -2.33. The molecule has 0 heterocycles. The van der Waals surface area contributed by atoms with Crippen LogP contribution >= 0.6 is 22.6 Å². The quantitative estimate of drug-likeness (QED) is 0.814. The van der Waals surface area contributed by atoms with Crippen LogP contribution < -0.4 is 5.32 Å². The van der Waals surface area contributed by atoms with Crippen LogP contribution in [0, 0.1) is 9.49 Å². The highest BCUT2D eigenvalue weighted by Gasteiger charge is 2.30. The van der Waals surface area contributed by atoms with Gasteiger partial charge < -0.3 is 10.4 Å². The number of aliphatic carboxylic acids is 1. The number of carbonyl (C=O) groups is 2. The van der Waals surface area contributed by atoms with Crippen LogP contribution in [0.4, 0.5) is 0 Å². The van der Waals surface area contributed by atoms with Gasteiger partial charge in [-0.2, -0.15) is 0 Å². The minimum absolute atomic E-state index is 0.0159. The van der Waals surface area contributed by atoms with E-state index < -0.39 is 5.97 Å². The van der Waals surface area contributed by atoms with Gasteiger partial charge in [-0.3, -0.25) is 9.59 Å². The van der Waals surface area contributed by atoms with Crippen molar-refractivity contribution >= 4 is 34.5 Å². The first-order chi connectivity index (χ1) is 8.56. The van der Waals surface area contributed by atoms with Gasteiger partial charge in [-0.1, -0.05) is 0 Å². The van der Waals surface area contributed by atoms with Gasteiger partial charge in [-0.25, -0.2) is 0 Å². The van der Waals surface area contributed by atoms with Gasteiger partial charge in [0.1, 0.15) is 0 Å². The molecule has 0 radical (unpaired) electrons. The van der Waals surface area contributed by atoms with E-state index in [1.54, 1.807) is 12.1 Å². The number of rotatable bonds is 3. The molecule has 0 aromatic heterocycles. The first-order valence-corrected chi connectivity index (χ1v) is 6.93. The summed E-state index contributed by atoms with van der Waals surface area (Å²) >= 11 is 2.18. The van der Waals surface area contributed by atoms with Crippen molar-refractivity contribution in [1.82, 2.24) is 5.32 Å². The fourth-order valence-corrected chi connectivity index (χ4v) is 2.57. The SMILES string of the molecule is O=C(N[C@@H]1CC[C@H](C(=O)O)C1)c1ccc(I)cc1. The van der Waals surface area contributed by atoms with Gasteiger partial charge in [-0.05, 0) is 66.1 Å². The maximum absolute atomic E-state index is 11.9. The molecule has 0 spiro atoms. The van der Waals surface area contributed by atoms with Crippen LogP contribution in [-0.4, -0.2) is 23.0 Å². The maximum atomic E-state index is 11.9. The fourth-order valence-electron chi connectivity index (χ4n) is 2.21. The molecule has 18 heavy (non-hydrogen) atoms. The third kappa shape index (κ3) is 3.22. The number of nitrogens with one attached hydrogen (secondary N) is 1. The molecule has 5 heteroatoms. The van der Waals surface area contributed by atoms with E-state index in [0.717, 1.165) is 9.99 Å². The average Bonchev–Trinajstić information content (AvgIpc) is 2.78. The van der Waals surface area contributed by atoms with Crippen LogP contribution in [-0.2, 0) is 4.79 Å². The molecule has 2 rings (SSSR count). The fraction of sp³-hybridized carbons (Fsp3) is 0.385. The van der Waals surface area contributed by atoms with E-state index in [2.05, 4.69) is 27.9 Å². The van der Waals surface area contributed by atoms with E-state index in [9.17, 15) is 9.59 Å². The smallest absolute Gasteiger partial charge is 0.306 e. The van der Waals surface area contributed by atoms with Gasteiger partial charge in [0.15, 0.2) is 0 Å². The molecule has 1 aromatic carbocycles. The Bertz CT molecular complexity index is 458. The van der Waals surface area contributed by atoms with E-state index in [1.165, 1.54) is 0 Å². The molecule has 1 aliphatic rings. The van der Waals surface area contributed by atoms with Gasteiger partial charge in [0, 0.05) is 15.2 Å². The number of hydrogen-bond acceptors (Lipinski definition) is 2. The van der Waals surface area contributed by atoms with Gasteiger partial charge in [-0.15, -0.1) is 0 Å². The van der Waals surface area contributed by atoms with Crippen molar-refractivity contribution in [1.29, 1.82) is 0 Å². The van der Waals surface area contributed by atoms with E-state index in [4.69, 9.17) is 5.11 Å². The molecule has 0 aliphatic heterocycles. The van der Waals surface area contributed by atoms with Crippen molar-refractivity contribution in [2.24, 2.45) is 5.92 Å². The lowest BCUT2D eigenvalue weighted by atomic mass is 10.1. The standard InChI is InChI=1S/C13H14INO3/c14-10-4-1-8(2-5-10)12(16)15-11-6-3-9(7-11)13(17)18/h1-2,4-5,9,11H,3,6-7H2,(H,15,16)(H,17,18)/t9-,11+/m0/s1. The molecule has 0 bridgehead atoms. The van der Waals surface area contributed by atoms with E-state index in [-0.39, 0.29) is 17.9 Å². The first-order valence-electron chi connectivity index (χ1n) is 5.85.